The lowest BCUT2D eigenvalue weighted by Gasteiger charge is -2.55. The van der Waals surface area contributed by atoms with Crippen molar-refractivity contribution in [2.24, 2.45) is 11.1 Å². The van der Waals surface area contributed by atoms with E-state index in [9.17, 15) is 0 Å². The second-order valence-electron chi connectivity index (χ2n) is 6.07. The highest BCUT2D eigenvalue weighted by atomic mass is 32.2. The monoisotopic (exact) mass is 277 g/mol. The van der Waals surface area contributed by atoms with Crippen molar-refractivity contribution in [2.75, 3.05) is 0 Å². The molecule has 1 saturated carbocycles. The standard InChI is InChI=1S/C17H27NS/c1-5-17(6-2)15(11-16(17)18)13-7-9-14(10-8-13)19-12(3)4/h7-10,12,15-16H,5-6,11,18H2,1-4H3. The molecular weight excluding hydrogens is 250 g/mol. The van der Waals surface area contributed by atoms with Crippen LogP contribution in [-0.2, 0) is 0 Å². The van der Waals surface area contributed by atoms with Crippen molar-refractivity contribution in [3.63, 3.8) is 0 Å². The zero-order valence-corrected chi connectivity index (χ0v) is 13.5. The van der Waals surface area contributed by atoms with Crippen LogP contribution >= 0.6 is 11.8 Å². The Morgan fingerprint density at radius 2 is 1.79 bits per heavy atom. The first-order chi connectivity index (χ1) is 9.03. The van der Waals surface area contributed by atoms with Gasteiger partial charge in [0, 0.05) is 16.2 Å². The molecule has 2 heteroatoms. The summed E-state index contributed by atoms with van der Waals surface area (Å²) in [6.45, 7) is 9.06. The highest BCUT2D eigenvalue weighted by Crippen LogP contribution is 2.56. The first kappa shape index (κ1) is 14.9. The van der Waals surface area contributed by atoms with E-state index in [1.54, 1.807) is 0 Å². The maximum Gasteiger partial charge on any atom is 0.0107 e. The Morgan fingerprint density at radius 1 is 1.21 bits per heavy atom. The molecule has 1 aromatic carbocycles. The molecule has 106 valence electrons. The Labute approximate surface area is 122 Å². The number of hydrogen-bond acceptors (Lipinski definition) is 2. The minimum atomic E-state index is 0.340. The third-order valence-corrected chi connectivity index (χ3v) is 5.91. The largest absolute Gasteiger partial charge is 0.327 e. The van der Waals surface area contributed by atoms with E-state index in [1.807, 2.05) is 11.8 Å². The molecule has 0 saturated heterocycles. The third kappa shape index (κ3) is 2.71. The first-order valence-corrected chi connectivity index (χ1v) is 8.43. The number of rotatable bonds is 5. The lowest BCUT2D eigenvalue weighted by molar-refractivity contribution is 0.0438. The first-order valence-electron chi connectivity index (χ1n) is 7.55. The molecule has 2 atom stereocenters. The summed E-state index contributed by atoms with van der Waals surface area (Å²) in [6.07, 6.45) is 3.54. The van der Waals surface area contributed by atoms with Crippen LogP contribution < -0.4 is 5.73 Å². The predicted molar refractivity (Wildman–Crippen MR) is 85.8 cm³/mol. The summed E-state index contributed by atoms with van der Waals surface area (Å²) >= 11 is 1.93. The van der Waals surface area contributed by atoms with Crippen LogP contribution in [0.2, 0.25) is 0 Å². The average Bonchev–Trinajstić information content (AvgIpc) is 2.38. The second-order valence-corrected chi connectivity index (χ2v) is 7.72. The van der Waals surface area contributed by atoms with Crippen LogP contribution in [0.3, 0.4) is 0 Å². The van der Waals surface area contributed by atoms with Gasteiger partial charge in [-0.05, 0) is 48.3 Å². The molecule has 19 heavy (non-hydrogen) atoms. The van der Waals surface area contributed by atoms with E-state index >= 15 is 0 Å². The van der Waals surface area contributed by atoms with Gasteiger partial charge in [0.2, 0.25) is 0 Å². The van der Waals surface area contributed by atoms with Gasteiger partial charge in [-0.25, -0.2) is 0 Å². The van der Waals surface area contributed by atoms with E-state index in [-0.39, 0.29) is 0 Å². The number of nitrogens with two attached hydrogens (primary N) is 1. The number of thioether (sulfide) groups is 1. The molecule has 1 aliphatic carbocycles. The van der Waals surface area contributed by atoms with Crippen molar-refractivity contribution < 1.29 is 0 Å². The van der Waals surface area contributed by atoms with E-state index in [1.165, 1.54) is 23.3 Å². The van der Waals surface area contributed by atoms with Gasteiger partial charge in [0.15, 0.2) is 0 Å². The van der Waals surface area contributed by atoms with Gasteiger partial charge in [-0.1, -0.05) is 39.8 Å². The molecule has 0 spiro atoms. The molecule has 0 heterocycles. The zero-order chi connectivity index (χ0) is 14.0. The van der Waals surface area contributed by atoms with Crippen LogP contribution in [0.15, 0.2) is 29.2 Å². The zero-order valence-electron chi connectivity index (χ0n) is 12.6. The van der Waals surface area contributed by atoms with Crippen molar-refractivity contribution in [1.82, 2.24) is 0 Å². The van der Waals surface area contributed by atoms with E-state index in [2.05, 4.69) is 52.0 Å². The molecule has 2 N–H and O–H groups in total. The van der Waals surface area contributed by atoms with Gasteiger partial charge in [-0.3, -0.25) is 0 Å². The smallest absolute Gasteiger partial charge is 0.0107 e. The van der Waals surface area contributed by atoms with Gasteiger partial charge in [-0.15, -0.1) is 11.8 Å². The van der Waals surface area contributed by atoms with E-state index in [4.69, 9.17) is 5.73 Å². The van der Waals surface area contributed by atoms with Gasteiger partial charge in [-0.2, -0.15) is 0 Å². The molecule has 0 bridgehead atoms. The Hall–Kier alpha value is -0.470. The summed E-state index contributed by atoms with van der Waals surface area (Å²) < 4.78 is 0. The van der Waals surface area contributed by atoms with Crippen LogP contribution in [0, 0.1) is 5.41 Å². The molecule has 0 aromatic heterocycles. The fraction of sp³-hybridized carbons (Fsp3) is 0.647. The van der Waals surface area contributed by atoms with Crippen molar-refractivity contribution in [2.45, 2.75) is 69.1 Å². The molecule has 1 aliphatic rings. The van der Waals surface area contributed by atoms with Gasteiger partial charge in [0.05, 0.1) is 0 Å². The van der Waals surface area contributed by atoms with E-state index in [0.717, 1.165) is 6.42 Å². The summed E-state index contributed by atoms with van der Waals surface area (Å²) in [4.78, 5) is 1.38. The Bertz CT molecular complexity index is 406. The molecule has 1 aromatic rings. The topological polar surface area (TPSA) is 26.0 Å². The molecule has 2 unspecified atom stereocenters. The molecule has 2 rings (SSSR count). The van der Waals surface area contributed by atoms with Gasteiger partial charge in [0.1, 0.15) is 0 Å². The Morgan fingerprint density at radius 3 is 2.21 bits per heavy atom. The minimum Gasteiger partial charge on any atom is -0.327 e. The summed E-state index contributed by atoms with van der Waals surface area (Å²) in [5.74, 6) is 0.663. The highest BCUT2D eigenvalue weighted by Gasteiger charge is 2.50. The highest BCUT2D eigenvalue weighted by molar-refractivity contribution is 7.99. The van der Waals surface area contributed by atoms with Crippen molar-refractivity contribution in [1.29, 1.82) is 0 Å². The van der Waals surface area contributed by atoms with Gasteiger partial charge in [0.25, 0.3) is 0 Å². The Kier molecular flexibility index (Phi) is 4.62. The fourth-order valence-corrected chi connectivity index (χ4v) is 4.44. The van der Waals surface area contributed by atoms with E-state index in [0.29, 0.717) is 22.6 Å². The van der Waals surface area contributed by atoms with Crippen LogP contribution in [0.5, 0.6) is 0 Å². The van der Waals surface area contributed by atoms with Crippen molar-refractivity contribution in [3.8, 4) is 0 Å². The molecular formula is C17H27NS. The normalized spacial score (nSPS) is 25.4. The summed E-state index contributed by atoms with van der Waals surface area (Å²) in [6, 6.07) is 9.58. The molecule has 1 fully saturated rings. The van der Waals surface area contributed by atoms with Crippen LogP contribution in [0.25, 0.3) is 0 Å². The Balaban J connectivity index is 2.15. The summed E-state index contributed by atoms with van der Waals surface area (Å²) in [7, 11) is 0. The van der Waals surface area contributed by atoms with Crippen molar-refractivity contribution in [3.05, 3.63) is 29.8 Å². The minimum absolute atomic E-state index is 0.340. The van der Waals surface area contributed by atoms with Crippen LogP contribution in [-0.4, -0.2) is 11.3 Å². The quantitative estimate of drug-likeness (QED) is 0.782. The van der Waals surface area contributed by atoms with E-state index < -0.39 is 0 Å². The van der Waals surface area contributed by atoms with Gasteiger partial charge < -0.3 is 5.73 Å². The molecule has 0 radical (unpaired) electrons. The summed E-state index contributed by atoms with van der Waals surface area (Å²) in [5, 5.41) is 0.647. The van der Waals surface area contributed by atoms with Gasteiger partial charge >= 0.3 is 0 Å². The van der Waals surface area contributed by atoms with Crippen LogP contribution in [0.4, 0.5) is 0 Å². The SMILES string of the molecule is CCC1(CC)C(N)CC1c1ccc(SC(C)C)cc1. The maximum atomic E-state index is 6.30. The predicted octanol–water partition coefficient (Wildman–Crippen LogP) is 4.81. The molecule has 1 nitrogen and oxygen atoms in total. The number of hydrogen-bond donors (Lipinski definition) is 1. The fourth-order valence-electron chi connectivity index (χ4n) is 3.61. The maximum absolute atomic E-state index is 6.30. The van der Waals surface area contributed by atoms with Crippen LogP contribution in [0.1, 0.15) is 58.4 Å². The third-order valence-electron chi connectivity index (χ3n) is 4.89. The lowest BCUT2D eigenvalue weighted by atomic mass is 9.52. The number of benzene rings is 1. The lowest BCUT2D eigenvalue weighted by Crippen LogP contribution is -2.55. The van der Waals surface area contributed by atoms with Crippen molar-refractivity contribution >= 4 is 11.8 Å². The summed E-state index contributed by atoms with van der Waals surface area (Å²) in [5.41, 5.74) is 8.12. The average molecular weight is 277 g/mol. The molecule has 0 aliphatic heterocycles. The molecule has 0 amide bonds. The second kappa shape index (κ2) is 5.88.